The van der Waals surface area contributed by atoms with Gasteiger partial charge in [0.2, 0.25) is 24.3 Å². The summed E-state index contributed by atoms with van der Waals surface area (Å²) in [6, 6.07) is 0. The molecule has 6 unspecified atom stereocenters. The molecule has 3 rings (SSSR count). The summed E-state index contributed by atoms with van der Waals surface area (Å²) in [6.07, 6.45) is 8.11. The number of isocyanates is 4. The highest BCUT2D eigenvalue weighted by atomic mass is 16.1. The molecule has 0 saturated heterocycles. The molecule has 0 aromatic carbocycles. The van der Waals surface area contributed by atoms with Crippen molar-refractivity contribution in [1.29, 1.82) is 0 Å². The zero-order valence-electron chi connectivity index (χ0n) is 12.9. The molecule has 0 N–H and O–H groups in total. The highest BCUT2D eigenvalue weighted by Crippen LogP contribution is 2.64. The summed E-state index contributed by atoms with van der Waals surface area (Å²) < 4.78 is 0. The van der Waals surface area contributed by atoms with Crippen molar-refractivity contribution in [2.24, 2.45) is 55.5 Å². The van der Waals surface area contributed by atoms with E-state index in [-0.39, 0.29) is 23.7 Å². The number of rotatable bonds is 6. The first kappa shape index (κ1) is 16.4. The quantitative estimate of drug-likeness (QED) is 0.539. The summed E-state index contributed by atoms with van der Waals surface area (Å²) in [5.74, 6) is 1.33. The van der Waals surface area contributed by atoms with Crippen molar-refractivity contribution in [3.8, 4) is 0 Å². The molecule has 8 nitrogen and oxygen atoms in total. The van der Waals surface area contributed by atoms with Crippen LogP contribution in [0.25, 0.3) is 0 Å². The average Bonchev–Trinajstić information content (AvgIpc) is 3.26. The molecule has 3 aliphatic rings. The van der Waals surface area contributed by atoms with Gasteiger partial charge in [0.1, 0.15) is 0 Å². The molecule has 0 aliphatic heterocycles. The molecule has 0 aromatic rings. The Morgan fingerprint density at radius 1 is 0.667 bits per heavy atom. The lowest BCUT2D eigenvalue weighted by atomic mass is 9.71. The Morgan fingerprint density at radius 3 is 1.75 bits per heavy atom. The summed E-state index contributed by atoms with van der Waals surface area (Å²) in [5, 5.41) is 0. The molecule has 3 aliphatic carbocycles. The molecule has 3 fully saturated rings. The summed E-state index contributed by atoms with van der Waals surface area (Å²) in [5.41, 5.74) is 0. The normalized spacial score (nSPS) is 37.8. The SMILES string of the molecule is O=C=NC(N=C=O)C1CC2CC1C1C2CCC1C(N=C=O)N=C=O. The molecular weight excluding hydrogens is 312 g/mol. The van der Waals surface area contributed by atoms with Crippen LogP contribution in [0, 0.1) is 35.5 Å². The number of hydrogen-bond donors (Lipinski definition) is 0. The van der Waals surface area contributed by atoms with Crippen LogP contribution < -0.4 is 0 Å². The first-order valence-corrected chi connectivity index (χ1v) is 8.03. The van der Waals surface area contributed by atoms with Crippen molar-refractivity contribution in [3.63, 3.8) is 0 Å². The van der Waals surface area contributed by atoms with Crippen molar-refractivity contribution < 1.29 is 19.2 Å². The third-order valence-electron chi connectivity index (χ3n) is 6.13. The van der Waals surface area contributed by atoms with Crippen LogP contribution >= 0.6 is 0 Å². The Bertz CT molecular complexity index is 663. The summed E-state index contributed by atoms with van der Waals surface area (Å²) >= 11 is 0. The smallest absolute Gasteiger partial charge is 0.211 e. The van der Waals surface area contributed by atoms with Crippen LogP contribution in [0.2, 0.25) is 0 Å². The Hall–Kier alpha value is -2.48. The first-order valence-electron chi connectivity index (χ1n) is 8.03. The van der Waals surface area contributed by atoms with Gasteiger partial charge in [0.25, 0.3) is 0 Å². The second-order valence-corrected chi connectivity index (χ2v) is 6.75. The second kappa shape index (κ2) is 6.96. The van der Waals surface area contributed by atoms with Gasteiger partial charge in [-0.3, -0.25) is 0 Å². The van der Waals surface area contributed by atoms with E-state index in [0.717, 1.165) is 25.7 Å². The molecule has 3 saturated carbocycles. The van der Waals surface area contributed by atoms with Gasteiger partial charge in [0.05, 0.1) is 0 Å². The molecular formula is C16H16N4O4. The van der Waals surface area contributed by atoms with E-state index in [0.29, 0.717) is 11.8 Å². The molecule has 124 valence electrons. The van der Waals surface area contributed by atoms with E-state index in [2.05, 4.69) is 20.0 Å². The van der Waals surface area contributed by atoms with E-state index < -0.39 is 12.3 Å². The standard InChI is InChI=1S/C16H16N4O4/c21-5-17-15(18-6-22)11-2-1-10-9-3-12(14(10)11)13(4-9)16(19-7-23)20-8-24/h9-16H,1-4H2. The van der Waals surface area contributed by atoms with Crippen LogP contribution in [-0.2, 0) is 19.2 Å². The van der Waals surface area contributed by atoms with E-state index in [1.807, 2.05) is 0 Å². The molecule has 0 heterocycles. The van der Waals surface area contributed by atoms with Crippen molar-refractivity contribution in [2.45, 2.75) is 38.0 Å². The second-order valence-electron chi connectivity index (χ2n) is 6.75. The van der Waals surface area contributed by atoms with Crippen LogP contribution in [0.15, 0.2) is 20.0 Å². The van der Waals surface area contributed by atoms with Gasteiger partial charge in [0.15, 0.2) is 12.3 Å². The maximum absolute atomic E-state index is 10.6. The monoisotopic (exact) mass is 328 g/mol. The minimum atomic E-state index is -0.752. The Labute approximate surface area is 137 Å². The van der Waals surface area contributed by atoms with Crippen molar-refractivity contribution in [3.05, 3.63) is 0 Å². The average molecular weight is 328 g/mol. The molecule has 0 aromatic heterocycles. The molecule has 0 amide bonds. The van der Waals surface area contributed by atoms with E-state index in [1.165, 1.54) is 24.3 Å². The van der Waals surface area contributed by atoms with Crippen molar-refractivity contribution >= 4 is 24.3 Å². The Kier molecular flexibility index (Phi) is 4.75. The largest absolute Gasteiger partial charge is 0.237 e. The van der Waals surface area contributed by atoms with E-state index in [9.17, 15) is 19.2 Å². The number of fused-ring (bicyclic) bond motifs is 5. The van der Waals surface area contributed by atoms with Gasteiger partial charge in [-0.25, -0.2) is 19.2 Å². The lowest BCUT2D eigenvalue weighted by Gasteiger charge is -2.36. The number of carbonyl (C=O) groups excluding carboxylic acids is 4. The minimum Gasteiger partial charge on any atom is -0.211 e. The summed E-state index contributed by atoms with van der Waals surface area (Å²) in [4.78, 5) is 57.2. The van der Waals surface area contributed by atoms with Gasteiger partial charge in [-0.05, 0) is 49.4 Å². The number of nitrogens with zero attached hydrogens (tertiary/aromatic N) is 4. The van der Waals surface area contributed by atoms with Crippen LogP contribution in [0.4, 0.5) is 0 Å². The highest BCUT2D eigenvalue weighted by molar-refractivity contribution is 5.38. The van der Waals surface area contributed by atoms with Crippen LogP contribution in [0.3, 0.4) is 0 Å². The zero-order chi connectivity index (χ0) is 17.1. The van der Waals surface area contributed by atoms with Gasteiger partial charge < -0.3 is 0 Å². The molecule has 6 atom stereocenters. The predicted molar refractivity (Wildman–Crippen MR) is 79.5 cm³/mol. The third kappa shape index (κ3) is 2.62. The number of aliphatic imine (C=N–C) groups is 4. The zero-order valence-corrected chi connectivity index (χ0v) is 12.9. The topological polar surface area (TPSA) is 118 Å². The maximum Gasteiger partial charge on any atom is 0.237 e. The lowest BCUT2D eigenvalue weighted by molar-refractivity contribution is 0.127. The van der Waals surface area contributed by atoms with Gasteiger partial charge in [-0.1, -0.05) is 0 Å². The molecule has 8 heteroatoms. The van der Waals surface area contributed by atoms with Gasteiger partial charge in [0, 0.05) is 11.8 Å². The van der Waals surface area contributed by atoms with Gasteiger partial charge in [-0.15, -0.1) is 0 Å². The third-order valence-corrected chi connectivity index (χ3v) is 6.13. The first-order chi connectivity index (χ1) is 11.7. The Balaban J connectivity index is 1.88. The fraction of sp³-hybridized carbons (Fsp3) is 0.750. The van der Waals surface area contributed by atoms with Gasteiger partial charge in [-0.2, -0.15) is 20.0 Å². The fourth-order valence-electron chi connectivity index (χ4n) is 5.56. The lowest BCUT2D eigenvalue weighted by Crippen LogP contribution is -2.36. The minimum absolute atomic E-state index is 0.0270. The van der Waals surface area contributed by atoms with Crippen LogP contribution in [0.1, 0.15) is 25.7 Å². The van der Waals surface area contributed by atoms with E-state index in [4.69, 9.17) is 0 Å². The van der Waals surface area contributed by atoms with Crippen LogP contribution in [-0.4, -0.2) is 36.7 Å². The van der Waals surface area contributed by atoms with Crippen molar-refractivity contribution in [2.75, 3.05) is 0 Å². The summed E-state index contributed by atoms with van der Waals surface area (Å²) in [7, 11) is 0. The molecule has 24 heavy (non-hydrogen) atoms. The molecule has 0 radical (unpaired) electrons. The van der Waals surface area contributed by atoms with Gasteiger partial charge >= 0.3 is 0 Å². The number of hydrogen-bond acceptors (Lipinski definition) is 8. The van der Waals surface area contributed by atoms with Crippen molar-refractivity contribution in [1.82, 2.24) is 0 Å². The summed E-state index contributed by atoms with van der Waals surface area (Å²) in [6.45, 7) is 0. The molecule has 2 bridgehead atoms. The predicted octanol–water partition coefficient (Wildman–Crippen LogP) is 1.28. The fourth-order valence-corrected chi connectivity index (χ4v) is 5.56. The van der Waals surface area contributed by atoms with E-state index >= 15 is 0 Å². The Morgan fingerprint density at radius 2 is 1.21 bits per heavy atom. The maximum atomic E-state index is 10.6. The van der Waals surface area contributed by atoms with Crippen LogP contribution in [0.5, 0.6) is 0 Å². The molecule has 0 spiro atoms. The van der Waals surface area contributed by atoms with E-state index in [1.54, 1.807) is 0 Å². The highest BCUT2D eigenvalue weighted by Gasteiger charge is 2.60.